The Hall–Kier alpha value is -1.56. The predicted octanol–water partition coefficient (Wildman–Crippen LogP) is 1.71. The molecule has 18 heavy (non-hydrogen) atoms. The number of hydrogen-bond acceptors (Lipinski definition) is 4. The van der Waals surface area contributed by atoms with Crippen molar-refractivity contribution in [3.63, 3.8) is 0 Å². The van der Waals surface area contributed by atoms with E-state index in [9.17, 15) is 9.59 Å². The molecule has 1 saturated heterocycles. The largest absolute Gasteiger partial charge is 0.453 e. The van der Waals surface area contributed by atoms with Gasteiger partial charge in [-0.25, -0.2) is 4.79 Å². The third-order valence-electron chi connectivity index (χ3n) is 2.95. The summed E-state index contributed by atoms with van der Waals surface area (Å²) in [6.07, 6.45) is 1.33. The maximum atomic E-state index is 12.2. The van der Waals surface area contributed by atoms with E-state index in [0.717, 1.165) is 24.3 Å². The van der Waals surface area contributed by atoms with Crippen LogP contribution >= 0.6 is 11.3 Å². The number of carbonyl (C=O) groups is 2. The Morgan fingerprint density at radius 1 is 1.56 bits per heavy atom. The Labute approximate surface area is 110 Å². The summed E-state index contributed by atoms with van der Waals surface area (Å²) in [4.78, 5) is 25.8. The molecule has 1 fully saturated rings. The molecule has 1 aromatic heterocycles. The van der Waals surface area contributed by atoms with E-state index in [-0.39, 0.29) is 11.9 Å². The lowest BCUT2D eigenvalue weighted by Gasteiger charge is -2.32. The van der Waals surface area contributed by atoms with Gasteiger partial charge < -0.3 is 15.0 Å². The molecule has 0 radical (unpaired) electrons. The van der Waals surface area contributed by atoms with Crippen LogP contribution in [0.25, 0.3) is 0 Å². The van der Waals surface area contributed by atoms with Crippen LogP contribution < -0.4 is 5.32 Å². The number of carbonyl (C=O) groups excluding carboxylic acids is 2. The van der Waals surface area contributed by atoms with Crippen LogP contribution in [-0.4, -0.2) is 43.1 Å². The highest BCUT2D eigenvalue weighted by Crippen LogP contribution is 2.17. The number of alkyl carbamates (subject to hydrolysis) is 1. The van der Waals surface area contributed by atoms with Crippen LogP contribution in [0.5, 0.6) is 0 Å². The molecular weight excluding hydrogens is 252 g/mol. The molecule has 2 heterocycles. The van der Waals surface area contributed by atoms with Gasteiger partial charge in [-0.3, -0.25) is 4.79 Å². The number of nitrogens with one attached hydrogen (secondary N) is 1. The SMILES string of the molecule is COC(=O)NC1CCCN(C(=O)c2cccs2)C1. The average Bonchev–Trinajstić information content (AvgIpc) is 2.92. The van der Waals surface area contributed by atoms with Crippen molar-refractivity contribution in [2.75, 3.05) is 20.2 Å². The number of methoxy groups -OCH3 is 1. The lowest BCUT2D eigenvalue weighted by molar-refractivity contribution is 0.0694. The van der Waals surface area contributed by atoms with Crippen molar-refractivity contribution in [2.24, 2.45) is 0 Å². The summed E-state index contributed by atoms with van der Waals surface area (Å²) in [7, 11) is 1.34. The van der Waals surface area contributed by atoms with Gasteiger partial charge >= 0.3 is 6.09 Å². The van der Waals surface area contributed by atoms with Crippen molar-refractivity contribution in [3.8, 4) is 0 Å². The van der Waals surface area contributed by atoms with Gasteiger partial charge in [-0.15, -0.1) is 11.3 Å². The molecule has 5 nitrogen and oxygen atoms in total. The van der Waals surface area contributed by atoms with E-state index in [1.807, 2.05) is 17.5 Å². The highest BCUT2D eigenvalue weighted by molar-refractivity contribution is 7.12. The van der Waals surface area contributed by atoms with Gasteiger partial charge in [0.1, 0.15) is 0 Å². The zero-order valence-electron chi connectivity index (χ0n) is 10.2. The molecule has 0 bridgehead atoms. The average molecular weight is 268 g/mol. The fraction of sp³-hybridized carbons (Fsp3) is 0.500. The van der Waals surface area contributed by atoms with Gasteiger partial charge in [-0.05, 0) is 24.3 Å². The van der Waals surface area contributed by atoms with Gasteiger partial charge in [-0.1, -0.05) is 6.07 Å². The molecule has 1 N–H and O–H groups in total. The minimum atomic E-state index is -0.439. The zero-order chi connectivity index (χ0) is 13.0. The van der Waals surface area contributed by atoms with E-state index in [4.69, 9.17) is 0 Å². The Kier molecular flexibility index (Phi) is 4.19. The van der Waals surface area contributed by atoms with Gasteiger partial charge in [0.05, 0.1) is 12.0 Å². The van der Waals surface area contributed by atoms with Gasteiger partial charge in [0.2, 0.25) is 0 Å². The second-order valence-corrected chi connectivity index (χ2v) is 5.15. The number of ether oxygens (including phenoxy) is 1. The predicted molar refractivity (Wildman–Crippen MR) is 68.8 cm³/mol. The first-order valence-corrected chi connectivity index (χ1v) is 6.76. The van der Waals surface area contributed by atoms with E-state index < -0.39 is 6.09 Å². The Morgan fingerprint density at radius 3 is 3.06 bits per heavy atom. The number of thiophene rings is 1. The number of piperidine rings is 1. The van der Waals surface area contributed by atoms with Crippen molar-refractivity contribution in [2.45, 2.75) is 18.9 Å². The van der Waals surface area contributed by atoms with Crippen molar-refractivity contribution in [1.29, 1.82) is 0 Å². The molecule has 2 amide bonds. The molecule has 0 saturated carbocycles. The summed E-state index contributed by atoms with van der Waals surface area (Å²) < 4.78 is 4.57. The maximum Gasteiger partial charge on any atom is 0.407 e. The summed E-state index contributed by atoms with van der Waals surface area (Å²) in [5.74, 6) is 0.0429. The van der Waals surface area contributed by atoms with Crippen LogP contribution in [0.3, 0.4) is 0 Å². The number of hydrogen-bond donors (Lipinski definition) is 1. The third-order valence-corrected chi connectivity index (χ3v) is 3.81. The molecule has 1 unspecified atom stereocenters. The van der Waals surface area contributed by atoms with E-state index in [1.54, 1.807) is 4.90 Å². The molecule has 1 aromatic rings. The molecule has 6 heteroatoms. The highest BCUT2D eigenvalue weighted by atomic mass is 32.1. The molecule has 0 spiro atoms. The van der Waals surface area contributed by atoms with E-state index >= 15 is 0 Å². The summed E-state index contributed by atoms with van der Waals surface area (Å²) in [6.45, 7) is 1.29. The van der Waals surface area contributed by atoms with Crippen LogP contribution in [0.1, 0.15) is 22.5 Å². The van der Waals surface area contributed by atoms with Gasteiger partial charge in [0, 0.05) is 19.1 Å². The van der Waals surface area contributed by atoms with Crippen molar-refractivity contribution in [3.05, 3.63) is 22.4 Å². The molecule has 0 aromatic carbocycles. The summed E-state index contributed by atoms with van der Waals surface area (Å²) in [6, 6.07) is 3.67. The molecule has 98 valence electrons. The molecule has 1 aliphatic rings. The van der Waals surface area contributed by atoms with Crippen LogP contribution in [0, 0.1) is 0 Å². The van der Waals surface area contributed by atoms with Crippen LogP contribution in [0.2, 0.25) is 0 Å². The van der Waals surface area contributed by atoms with E-state index in [1.165, 1.54) is 18.4 Å². The van der Waals surface area contributed by atoms with Crippen molar-refractivity contribution >= 4 is 23.3 Å². The lowest BCUT2D eigenvalue weighted by atomic mass is 10.1. The van der Waals surface area contributed by atoms with Crippen LogP contribution in [0.4, 0.5) is 4.79 Å². The van der Waals surface area contributed by atoms with Gasteiger partial charge in [0.25, 0.3) is 5.91 Å². The fourth-order valence-corrected chi connectivity index (χ4v) is 2.75. The smallest absolute Gasteiger partial charge is 0.407 e. The molecule has 2 rings (SSSR count). The van der Waals surface area contributed by atoms with Gasteiger partial charge in [0.15, 0.2) is 0 Å². The maximum absolute atomic E-state index is 12.2. The van der Waals surface area contributed by atoms with Crippen molar-refractivity contribution in [1.82, 2.24) is 10.2 Å². The first-order valence-electron chi connectivity index (χ1n) is 5.88. The summed E-state index contributed by atoms with van der Waals surface area (Å²) in [5.41, 5.74) is 0. The lowest BCUT2D eigenvalue weighted by Crippen LogP contribution is -2.49. The second kappa shape index (κ2) is 5.86. The Bertz CT molecular complexity index is 419. The van der Waals surface area contributed by atoms with Crippen molar-refractivity contribution < 1.29 is 14.3 Å². The number of rotatable bonds is 2. The van der Waals surface area contributed by atoms with Crippen LogP contribution in [-0.2, 0) is 4.74 Å². The number of amides is 2. The second-order valence-electron chi connectivity index (χ2n) is 4.20. The Balaban J connectivity index is 1.94. The molecular formula is C12H16N2O3S. The molecule has 1 aliphatic heterocycles. The molecule has 0 aliphatic carbocycles. The first-order chi connectivity index (χ1) is 8.70. The molecule has 1 atom stereocenters. The van der Waals surface area contributed by atoms with E-state index in [2.05, 4.69) is 10.1 Å². The topological polar surface area (TPSA) is 58.6 Å². The minimum Gasteiger partial charge on any atom is -0.453 e. The minimum absolute atomic E-state index is 0.0184. The van der Waals surface area contributed by atoms with E-state index in [0.29, 0.717) is 6.54 Å². The van der Waals surface area contributed by atoms with Gasteiger partial charge in [-0.2, -0.15) is 0 Å². The summed E-state index contributed by atoms with van der Waals surface area (Å²) in [5, 5.41) is 4.64. The normalized spacial score (nSPS) is 19.4. The summed E-state index contributed by atoms with van der Waals surface area (Å²) >= 11 is 1.44. The van der Waals surface area contributed by atoms with Crippen LogP contribution in [0.15, 0.2) is 17.5 Å². The first kappa shape index (κ1) is 12.9. The Morgan fingerprint density at radius 2 is 2.39 bits per heavy atom. The number of likely N-dealkylation sites (tertiary alicyclic amines) is 1. The zero-order valence-corrected chi connectivity index (χ0v) is 11.0. The number of nitrogens with zero attached hydrogens (tertiary/aromatic N) is 1. The standard InChI is InChI=1S/C12H16N2O3S/c1-17-12(16)13-9-4-2-6-14(8-9)11(15)10-5-3-7-18-10/h3,5,7,9H,2,4,6,8H2,1H3,(H,13,16). The quantitative estimate of drug-likeness (QED) is 0.888. The monoisotopic (exact) mass is 268 g/mol. The highest BCUT2D eigenvalue weighted by Gasteiger charge is 2.25. The third kappa shape index (κ3) is 3.01. The fourth-order valence-electron chi connectivity index (χ4n) is 2.06.